The summed E-state index contributed by atoms with van der Waals surface area (Å²) in [5.41, 5.74) is 0. The average molecular weight is 318 g/mol. The molecule has 0 fully saturated rings. The van der Waals surface area contributed by atoms with Crippen LogP contribution in [0.3, 0.4) is 0 Å². The van der Waals surface area contributed by atoms with E-state index in [1.54, 1.807) is 6.07 Å². The quantitative estimate of drug-likeness (QED) is 0.936. The van der Waals surface area contributed by atoms with Gasteiger partial charge >= 0.3 is 0 Å². The average Bonchev–Trinajstić information content (AvgIpc) is 2.74. The Kier molecular flexibility index (Phi) is 4.10. The number of rotatable bonds is 4. The number of halogens is 1. The van der Waals surface area contributed by atoms with Gasteiger partial charge in [0.1, 0.15) is 10.7 Å². The van der Waals surface area contributed by atoms with Crippen molar-refractivity contribution in [1.82, 2.24) is 4.98 Å². The van der Waals surface area contributed by atoms with Crippen molar-refractivity contribution in [2.45, 2.75) is 11.4 Å². The molecule has 2 rings (SSSR count). The maximum absolute atomic E-state index is 11.1. The first-order chi connectivity index (χ1) is 8.86. The molecule has 0 aliphatic carbocycles. The predicted molar refractivity (Wildman–Crippen MR) is 77.0 cm³/mol. The molecule has 0 bridgehead atoms. The van der Waals surface area contributed by atoms with E-state index in [4.69, 9.17) is 16.7 Å². The minimum absolute atomic E-state index is 0.00354. The highest BCUT2D eigenvalue weighted by Gasteiger charge is 2.10. The zero-order valence-electron chi connectivity index (χ0n) is 10.1. The number of pyridine rings is 1. The third-order valence-corrected chi connectivity index (χ3v) is 4.58. The summed E-state index contributed by atoms with van der Waals surface area (Å²) in [4.78, 5) is 7.09. The maximum Gasteiger partial charge on any atom is 0.239 e. The Hall–Kier alpha value is -1.15. The van der Waals surface area contributed by atoms with Crippen LogP contribution in [-0.2, 0) is 16.6 Å². The van der Waals surface area contributed by atoms with E-state index < -0.39 is 10.0 Å². The number of hydrogen-bond acceptors (Lipinski definition) is 5. The van der Waals surface area contributed by atoms with Crippen LogP contribution in [0.1, 0.15) is 4.88 Å². The minimum Gasteiger partial charge on any atom is -0.355 e. The van der Waals surface area contributed by atoms with Crippen molar-refractivity contribution < 1.29 is 8.42 Å². The van der Waals surface area contributed by atoms with Gasteiger partial charge in [-0.15, -0.1) is 11.3 Å². The van der Waals surface area contributed by atoms with Gasteiger partial charge in [-0.25, -0.2) is 18.5 Å². The summed E-state index contributed by atoms with van der Waals surface area (Å²) in [7, 11) is -1.83. The van der Waals surface area contributed by atoms with Crippen molar-refractivity contribution in [1.29, 1.82) is 0 Å². The molecule has 0 aliphatic rings. The Morgan fingerprint density at radius 1 is 1.37 bits per heavy atom. The molecular weight excluding hydrogens is 306 g/mol. The number of hydrogen-bond donors (Lipinski definition) is 1. The second kappa shape index (κ2) is 5.46. The SMILES string of the molecule is CN(Cc1ccc(Cl)s1)c1ccc(S(N)(=O)=O)cn1. The number of anilines is 1. The molecule has 2 heterocycles. The first-order valence-electron chi connectivity index (χ1n) is 5.30. The summed E-state index contributed by atoms with van der Waals surface area (Å²) >= 11 is 7.36. The van der Waals surface area contributed by atoms with Crippen LogP contribution in [0.15, 0.2) is 35.4 Å². The van der Waals surface area contributed by atoms with Crippen molar-refractivity contribution in [3.05, 3.63) is 39.7 Å². The molecule has 2 aromatic rings. The van der Waals surface area contributed by atoms with Crippen molar-refractivity contribution in [2.24, 2.45) is 5.14 Å². The van der Waals surface area contributed by atoms with E-state index >= 15 is 0 Å². The lowest BCUT2D eigenvalue weighted by atomic mass is 10.4. The monoisotopic (exact) mass is 317 g/mol. The standard InChI is InChI=1S/C11H12ClN3O2S2/c1-15(7-8-2-4-10(12)18-8)11-5-3-9(6-14-11)19(13,16)17/h2-6H,7H2,1H3,(H2,13,16,17). The zero-order valence-corrected chi connectivity index (χ0v) is 12.5. The number of aromatic nitrogens is 1. The molecule has 0 spiro atoms. The molecule has 0 amide bonds. The molecule has 5 nitrogen and oxygen atoms in total. The molecular formula is C11H12ClN3O2S2. The normalized spacial score (nSPS) is 11.5. The molecule has 0 unspecified atom stereocenters. The number of sulfonamides is 1. The largest absolute Gasteiger partial charge is 0.355 e. The van der Waals surface area contributed by atoms with Crippen LogP contribution in [0.2, 0.25) is 4.34 Å². The predicted octanol–water partition coefficient (Wildman–Crippen LogP) is 2.08. The molecule has 0 saturated carbocycles. The highest BCUT2D eigenvalue weighted by atomic mass is 35.5. The molecule has 102 valence electrons. The van der Waals surface area contributed by atoms with Gasteiger partial charge in [0, 0.05) is 18.1 Å². The lowest BCUT2D eigenvalue weighted by Gasteiger charge is -2.17. The summed E-state index contributed by atoms with van der Waals surface area (Å²) < 4.78 is 23.0. The Balaban J connectivity index is 2.14. The van der Waals surface area contributed by atoms with Gasteiger partial charge < -0.3 is 4.90 Å². The highest BCUT2D eigenvalue weighted by molar-refractivity contribution is 7.89. The Morgan fingerprint density at radius 2 is 2.11 bits per heavy atom. The second-order valence-corrected chi connectivity index (χ2v) is 7.32. The topological polar surface area (TPSA) is 76.3 Å². The summed E-state index contributed by atoms with van der Waals surface area (Å²) in [6.45, 7) is 0.652. The Labute approximate surface area is 120 Å². The van der Waals surface area contributed by atoms with Gasteiger partial charge in [-0.3, -0.25) is 0 Å². The van der Waals surface area contributed by atoms with E-state index in [2.05, 4.69) is 4.98 Å². The summed E-state index contributed by atoms with van der Waals surface area (Å²) in [5, 5.41) is 5.01. The van der Waals surface area contributed by atoms with Crippen LogP contribution in [0.4, 0.5) is 5.82 Å². The van der Waals surface area contributed by atoms with Gasteiger partial charge in [-0.05, 0) is 24.3 Å². The van der Waals surface area contributed by atoms with Gasteiger partial charge in [-0.2, -0.15) is 0 Å². The lowest BCUT2D eigenvalue weighted by molar-refractivity contribution is 0.597. The van der Waals surface area contributed by atoms with Crippen molar-refractivity contribution in [3.63, 3.8) is 0 Å². The fourth-order valence-electron chi connectivity index (χ4n) is 1.52. The van der Waals surface area contributed by atoms with Crippen LogP contribution in [0.25, 0.3) is 0 Å². The fourth-order valence-corrected chi connectivity index (χ4v) is 3.12. The van der Waals surface area contributed by atoms with Crippen LogP contribution in [-0.4, -0.2) is 20.4 Å². The third-order valence-electron chi connectivity index (χ3n) is 2.46. The van der Waals surface area contributed by atoms with E-state index in [0.29, 0.717) is 12.4 Å². The molecule has 2 N–H and O–H groups in total. The number of nitrogens with zero attached hydrogens (tertiary/aromatic N) is 2. The van der Waals surface area contributed by atoms with Crippen LogP contribution >= 0.6 is 22.9 Å². The van der Waals surface area contributed by atoms with Crippen molar-refractivity contribution >= 4 is 38.8 Å². The van der Waals surface area contributed by atoms with Crippen LogP contribution in [0.5, 0.6) is 0 Å². The summed E-state index contributed by atoms with van der Waals surface area (Å²) in [6, 6.07) is 6.85. The first-order valence-corrected chi connectivity index (χ1v) is 8.04. The first kappa shape index (κ1) is 14.3. The van der Waals surface area contributed by atoms with Gasteiger partial charge in [0.15, 0.2) is 0 Å². The van der Waals surface area contributed by atoms with E-state index in [1.807, 2.05) is 24.1 Å². The van der Waals surface area contributed by atoms with Gasteiger partial charge in [0.2, 0.25) is 10.0 Å². The van der Waals surface area contributed by atoms with Crippen molar-refractivity contribution in [3.8, 4) is 0 Å². The van der Waals surface area contributed by atoms with E-state index in [1.165, 1.54) is 23.6 Å². The van der Waals surface area contributed by atoms with Gasteiger partial charge in [0.25, 0.3) is 0 Å². The van der Waals surface area contributed by atoms with E-state index in [-0.39, 0.29) is 4.90 Å². The van der Waals surface area contributed by atoms with E-state index in [9.17, 15) is 8.42 Å². The smallest absolute Gasteiger partial charge is 0.239 e. The molecule has 0 aromatic carbocycles. The molecule has 0 saturated heterocycles. The number of primary sulfonamides is 1. The molecule has 8 heteroatoms. The Morgan fingerprint density at radius 3 is 2.58 bits per heavy atom. The zero-order chi connectivity index (χ0) is 14.0. The van der Waals surface area contributed by atoms with Crippen LogP contribution in [0, 0.1) is 0 Å². The van der Waals surface area contributed by atoms with Crippen LogP contribution < -0.4 is 10.0 Å². The molecule has 0 atom stereocenters. The number of thiophene rings is 1. The molecule has 0 aliphatic heterocycles. The summed E-state index contributed by atoms with van der Waals surface area (Å²) in [6.07, 6.45) is 1.25. The number of nitrogens with two attached hydrogens (primary N) is 1. The highest BCUT2D eigenvalue weighted by Crippen LogP contribution is 2.23. The van der Waals surface area contributed by atoms with Gasteiger partial charge in [0.05, 0.1) is 10.9 Å². The van der Waals surface area contributed by atoms with Crippen molar-refractivity contribution in [2.75, 3.05) is 11.9 Å². The lowest BCUT2D eigenvalue weighted by Crippen LogP contribution is -2.18. The van der Waals surface area contributed by atoms with Gasteiger partial charge in [-0.1, -0.05) is 11.6 Å². The fraction of sp³-hybridized carbons (Fsp3) is 0.182. The minimum atomic E-state index is -3.70. The Bertz CT molecular complexity index is 668. The molecule has 2 aromatic heterocycles. The summed E-state index contributed by atoms with van der Waals surface area (Å²) in [5.74, 6) is 0.664. The molecule has 0 radical (unpaired) electrons. The third kappa shape index (κ3) is 3.66. The second-order valence-electron chi connectivity index (χ2n) is 3.96. The molecule has 19 heavy (non-hydrogen) atoms. The van der Waals surface area contributed by atoms with E-state index in [0.717, 1.165) is 9.21 Å². The maximum atomic E-state index is 11.1.